The van der Waals surface area contributed by atoms with Gasteiger partial charge in [0.2, 0.25) is 17.7 Å². The molecule has 1 saturated carbocycles. The summed E-state index contributed by atoms with van der Waals surface area (Å²) in [4.78, 5) is 86.9. The van der Waals surface area contributed by atoms with Crippen molar-refractivity contribution >= 4 is 52.0 Å². The normalized spacial score (nSPS) is 18.2. The van der Waals surface area contributed by atoms with E-state index in [0.29, 0.717) is 51.7 Å². The van der Waals surface area contributed by atoms with Crippen LogP contribution in [0.25, 0.3) is 11.0 Å². The molecule has 0 radical (unpaired) electrons. The number of aryl methyl sites for hydroxylation is 4. The van der Waals surface area contributed by atoms with Crippen molar-refractivity contribution in [1.82, 2.24) is 14.5 Å². The Kier molecular flexibility index (Phi) is 21.5. The van der Waals surface area contributed by atoms with E-state index in [0.717, 1.165) is 117 Å². The number of aromatic nitrogens is 2. The number of imidazole rings is 1. The van der Waals surface area contributed by atoms with Gasteiger partial charge >= 0.3 is 5.69 Å². The molecule has 4 aromatic rings. The number of benzene rings is 3. The van der Waals surface area contributed by atoms with Gasteiger partial charge in [0.05, 0.1) is 54.0 Å². The quantitative estimate of drug-likeness (QED) is 0.0390. The molecule has 1 aliphatic carbocycles. The molecule has 1 unspecified atom stereocenters. The summed E-state index contributed by atoms with van der Waals surface area (Å²) in [6.07, 6.45) is 12.6. The second kappa shape index (κ2) is 27.9. The van der Waals surface area contributed by atoms with Crippen LogP contribution in [0.4, 0.5) is 5.69 Å². The summed E-state index contributed by atoms with van der Waals surface area (Å²) in [5.74, 6) is -2.07. The van der Waals surface area contributed by atoms with Gasteiger partial charge in [-0.05, 0) is 111 Å². The molecule has 0 bridgehead atoms. The minimum Gasteiger partial charge on any atom is -0.481 e. The zero-order valence-electron chi connectivity index (χ0n) is 42.9. The Balaban J connectivity index is 0.00000209. The van der Waals surface area contributed by atoms with Gasteiger partial charge in [0.1, 0.15) is 11.8 Å². The fourth-order valence-electron chi connectivity index (χ4n) is 10.1. The number of aliphatic carboxylic acids is 1. The Bertz CT molecular complexity index is 2580. The van der Waals surface area contributed by atoms with Crippen LogP contribution >= 0.6 is 0 Å². The number of anilines is 1. The van der Waals surface area contributed by atoms with Crippen molar-refractivity contribution in [3.63, 3.8) is 0 Å². The molecule has 396 valence electrons. The van der Waals surface area contributed by atoms with Crippen LogP contribution in [0.3, 0.4) is 0 Å². The van der Waals surface area contributed by atoms with Crippen LogP contribution in [0.1, 0.15) is 138 Å². The van der Waals surface area contributed by atoms with Gasteiger partial charge in [-0.1, -0.05) is 74.2 Å². The van der Waals surface area contributed by atoms with E-state index in [9.17, 15) is 28.8 Å². The fourth-order valence-corrected chi connectivity index (χ4v) is 10.1. The van der Waals surface area contributed by atoms with Gasteiger partial charge in [-0.25, -0.2) is 4.79 Å². The second-order valence-electron chi connectivity index (χ2n) is 19.8. The highest BCUT2D eigenvalue weighted by Crippen LogP contribution is 2.39. The molecule has 3 amide bonds. The number of nitrogens with two attached hydrogens (primary N) is 2. The molecule has 3 aliphatic rings. The Hall–Kier alpha value is -6.01. The molecule has 0 saturated heterocycles. The van der Waals surface area contributed by atoms with Crippen molar-refractivity contribution in [3.8, 4) is 0 Å². The number of para-hydroxylation sites is 1. The van der Waals surface area contributed by atoms with E-state index in [4.69, 9.17) is 35.6 Å². The lowest BCUT2D eigenvalue weighted by Crippen LogP contribution is -2.55. The first kappa shape index (κ1) is 56.3. The van der Waals surface area contributed by atoms with Crippen molar-refractivity contribution in [2.75, 3.05) is 31.3 Å². The molecule has 17 nitrogen and oxygen atoms in total. The average Bonchev–Trinajstić information content (AvgIpc) is 3.83. The number of nitrogens with one attached hydrogen (secondary N) is 1. The first-order chi connectivity index (χ1) is 35.1. The van der Waals surface area contributed by atoms with Gasteiger partial charge in [0.25, 0.3) is 5.97 Å². The summed E-state index contributed by atoms with van der Waals surface area (Å²) < 4.78 is 21.3. The van der Waals surface area contributed by atoms with E-state index in [2.05, 4.69) is 29.6 Å². The SMILES string of the molecule is CC(=O)O.C[C@@H](OCc1ccc(CCCOCCCCCCCCOCCCc2ccc3c(c2)n(C)c(=O)n3C2CCC(=O)CC2=O)cc1)[C@H](CCC(N)=O)NC(=O)[C@@H]1Cc2cccc3c2N1C(=O)[C@@H](N)CC3. The van der Waals surface area contributed by atoms with E-state index in [-0.39, 0.29) is 41.9 Å². The topological polar surface area (TPSA) is 245 Å². The Morgan fingerprint density at radius 2 is 1.38 bits per heavy atom. The van der Waals surface area contributed by atoms with E-state index < -0.39 is 42.1 Å². The number of nitrogens with zero attached hydrogens (tertiary/aromatic N) is 3. The summed E-state index contributed by atoms with van der Waals surface area (Å²) in [6, 6.07) is 17.8. The summed E-state index contributed by atoms with van der Waals surface area (Å²) in [6.45, 7) is 6.23. The monoisotopic (exact) mass is 1010 g/mol. The zero-order valence-corrected chi connectivity index (χ0v) is 42.9. The van der Waals surface area contributed by atoms with E-state index in [1.165, 1.54) is 18.4 Å². The van der Waals surface area contributed by atoms with Gasteiger partial charge in [-0.3, -0.25) is 42.8 Å². The number of carbonyl (C=O) groups excluding carboxylic acids is 5. The first-order valence-electron chi connectivity index (χ1n) is 26.2. The third-order valence-electron chi connectivity index (χ3n) is 14.1. The third-order valence-corrected chi connectivity index (χ3v) is 14.1. The van der Waals surface area contributed by atoms with Gasteiger partial charge in [0, 0.05) is 59.7 Å². The molecule has 17 heteroatoms. The van der Waals surface area contributed by atoms with Crippen molar-refractivity contribution in [3.05, 3.63) is 99.0 Å². The Morgan fingerprint density at radius 1 is 0.781 bits per heavy atom. The van der Waals surface area contributed by atoms with Crippen LogP contribution in [0, 0.1) is 0 Å². The van der Waals surface area contributed by atoms with E-state index in [1.807, 2.05) is 43.3 Å². The Labute approximate surface area is 428 Å². The number of carboxylic acid groups (broad SMARTS) is 1. The second-order valence-corrected chi connectivity index (χ2v) is 19.8. The van der Waals surface area contributed by atoms with Gasteiger partial charge in [0.15, 0.2) is 5.78 Å². The van der Waals surface area contributed by atoms with Crippen molar-refractivity contribution in [1.29, 1.82) is 0 Å². The molecule has 7 rings (SSSR count). The molecular formula is C56H76N6O11. The lowest BCUT2D eigenvalue weighted by Gasteiger charge is -2.30. The van der Waals surface area contributed by atoms with Crippen LogP contribution in [0.2, 0.25) is 0 Å². The number of unbranched alkanes of at least 4 members (excludes halogenated alkanes) is 5. The largest absolute Gasteiger partial charge is 0.481 e. The number of hydrogen-bond donors (Lipinski definition) is 4. The summed E-state index contributed by atoms with van der Waals surface area (Å²) in [7, 11) is 1.73. The maximum atomic E-state index is 13.9. The molecule has 3 heterocycles. The molecule has 3 aromatic carbocycles. The number of amides is 3. The minimum absolute atomic E-state index is 0.0521. The number of carbonyl (C=O) groups is 6. The summed E-state index contributed by atoms with van der Waals surface area (Å²) in [5, 5.41) is 10.5. The number of hydrogen-bond acceptors (Lipinski definition) is 11. The lowest BCUT2D eigenvalue weighted by molar-refractivity contribution is -0.135. The number of fused-ring (bicyclic) bond motifs is 1. The maximum Gasteiger partial charge on any atom is 0.329 e. The van der Waals surface area contributed by atoms with Crippen LogP contribution in [-0.4, -0.2) is 100 Å². The van der Waals surface area contributed by atoms with Crippen molar-refractivity contribution < 1.29 is 48.1 Å². The van der Waals surface area contributed by atoms with Crippen molar-refractivity contribution in [2.45, 2.75) is 166 Å². The van der Waals surface area contributed by atoms with Crippen LogP contribution in [-0.2, 0) is 82.3 Å². The molecule has 0 spiro atoms. The predicted octanol–water partition coefficient (Wildman–Crippen LogP) is 6.12. The van der Waals surface area contributed by atoms with E-state index >= 15 is 0 Å². The van der Waals surface area contributed by atoms with Gasteiger partial charge in [-0.15, -0.1) is 0 Å². The molecule has 1 aromatic heterocycles. The zero-order chi connectivity index (χ0) is 52.4. The van der Waals surface area contributed by atoms with Crippen LogP contribution in [0.5, 0.6) is 0 Å². The molecule has 1 fully saturated rings. The minimum atomic E-state index is -0.833. The average molecular weight is 1010 g/mol. The molecule has 6 N–H and O–H groups in total. The molecule has 2 aliphatic heterocycles. The maximum absolute atomic E-state index is 13.9. The van der Waals surface area contributed by atoms with Crippen molar-refractivity contribution in [2.24, 2.45) is 18.5 Å². The van der Waals surface area contributed by atoms with Gasteiger partial charge < -0.3 is 36.1 Å². The molecule has 73 heavy (non-hydrogen) atoms. The fraction of sp³-hybridized carbons (Fsp3) is 0.554. The van der Waals surface area contributed by atoms with E-state index in [1.54, 1.807) is 21.1 Å². The van der Waals surface area contributed by atoms with Gasteiger partial charge in [-0.2, -0.15) is 0 Å². The molecular weight excluding hydrogens is 933 g/mol. The first-order valence-corrected chi connectivity index (χ1v) is 26.2. The highest BCUT2D eigenvalue weighted by atomic mass is 16.5. The number of ketones is 2. The number of ether oxygens (including phenoxy) is 3. The summed E-state index contributed by atoms with van der Waals surface area (Å²) in [5.41, 5.74) is 19.2. The number of primary amides is 1. The number of carboxylic acids is 1. The predicted molar refractivity (Wildman–Crippen MR) is 278 cm³/mol. The highest BCUT2D eigenvalue weighted by Gasteiger charge is 2.43. The Morgan fingerprint density at radius 3 is 2.04 bits per heavy atom. The number of rotatable bonds is 27. The number of Topliss-reactive ketones (excluding diaryl/α,β-unsaturated/α-hetero) is 2. The molecule has 5 atom stereocenters. The third kappa shape index (κ3) is 16.0. The summed E-state index contributed by atoms with van der Waals surface area (Å²) >= 11 is 0. The highest BCUT2D eigenvalue weighted by molar-refractivity contribution is 6.07. The van der Waals surface area contributed by atoms with Crippen LogP contribution in [0.15, 0.2) is 65.5 Å². The lowest BCUT2D eigenvalue weighted by atomic mass is 9.92. The standard InChI is InChI=1S/C54H72N6O9.C2H4O2/c1-36(44(24-27-50(56)63)57-52(64)48-33-41-15-9-14-40-21-23-43(55)53(65)60(48)51(40)41)69-35-39-18-16-37(17-19-39)12-10-30-67-28-7-5-3-4-6-8-29-68-31-11-13-38-20-25-45-47(32-38)58(2)54(66)59(45)46-26-22-42(61)34-49(46)62;1-2(3)4/h9,14-20,25,32,36,43-44,46,48H,3-8,10-13,21-24,26-31,33-35,55H2,1-2H3,(H2,56,63)(H,57,64);1H3,(H,3,4)/t36-,43+,44+,46?,48+;/m1./s1. The smallest absolute Gasteiger partial charge is 0.329 e. The van der Waals surface area contributed by atoms with Crippen LogP contribution < -0.4 is 27.4 Å².